The number of methoxy groups -OCH3 is 1. The van der Waals surface area contributed by atoms with Crippen molar-refractivity contribution in [3.8, 4) is 29.0 Å². The van der Waals surface area contributed by atoms with Crippen LogP contribution in [0.5, 0.6) is 17.4 Å². The Kier molecular flexibility index (Phi) is 6.46. The zero-order chi connectivity index (χ0) is 22.5. The van der Waals surface area contributed by atoms with Crippen LogP contribution in [0.4, 0.5) is 0 Å². The van der Waals surface area contributed by atoms with Crippen molar-refractivity contribution in [2.45, 2.75) is 40.2 Å². The lowest BCUT2D eigenvalue weighted by Crippen LogP contribution is -2.02. The first-order valence-corrected chi connectivity index (χ1v) is 10.2. The molecule has 0 fully saturated rings. The maximum atomic E-state index is 9.48. The van der Waals surface area contributed by atoms with Crippen molar-refractivity contribution in [3.63, 3.8) is 0 Å². The number of rotatable bonds is 10. The second-order valence-corrected chi connectivity index (χ2v) is 7.04. The van der Waals surface area contributed by atoms with Crippen molar-refractivity contribution >= 4 is 0 Å². The van der Waals surface area contributed by atoms with Gasteiger partial charge in [0.25, 0.3) is 5.89 Å². The standard InChI is InChI=1S/C23H25N3O6/c1-4-26-11-17(12-27)22(25-26)31-13-16-7-8-19(21(10-16)28-3)30-14-18-15(2)32-23(24-18)20-6-5-9-29-20/h5-11,27H,4,12-14H2,1-3H3. The minimum Gasteiger partial charge on any atom is -0.493 e. The molecular weight excluding hydrogens is 414 g/mol. The summed E-state index contributed by atoms with van der Waals surface area (Å²) in [7, 11) is 1.58. The number of benzene rings is 1. The molecule has 0 unspecified atom stereocenters. The highest BCUT2D eigenvalue weighted by atomic mass is 16.5. The van der Waals surface area contributed by atoms with Crippen LogP contribution in [0.15, 0.2) is 51.6 Å². The van der Waals surface area contributed by atoms with Crippen LogP contribution in [0.3, 0.4) is 0 Å². The van der Waals surface area contributed by atoms with Gasteiger partial charge in [0, 0.05) is 12.7 Å². The molecule has 4 rings (SSSR count). The number of oxazole rings is 1. The molecule has 0 aliphatic carbocycles. The Balaban J connectivity index is 1.42. The molecule has 0 aliphatic rings. The van der Waals surface area contributed by atoms with E-state index in [0.717, 1.165) is 5.56 Å². The molecule has 0 saturated carbocycles. The van der Waals surface area contributed by atoms with E-state index in [4.69, 9.17) is 23.0 Å². The Bertz CT molecular complexity index is 1160. The lowest BCUT2D eigenvalue weighted by molar-refractivity contribution is 0.253. The summed E-state index contributed by atoms with van der Waals surface area (Å²) in [5.74, 6) is 3.20. The predicted octanol–water partition coefficient (Wildman–Crippen LogP) is 4.12. The fourth-order valence-electron chi connectivity index (χ4n) is 3.12. The fourth-order valence-corrected chi connectivity index (χ4v) is 3.12. The van der Waals surface area contributed by atoms with Crippen molar-refractivity contribution < 1.29 is 28.2 Å². The number of aliphatic hydroxyl groups excluding tert-OH is 1. The first-order valence-electron chi connectivity index (χ1n) is 10.2. The third kappa shape index (κ3) is 4.62. The summed E-state index contributed by atoms with van der Waals surface area (Å²) in [6.07, 6.45) is 3.34. The number of furan rings is 1. The number of aryl methyl sites for hydroxylation is 2. The van der Waals surface area contributed by atoms with E-state index in [0.29, 0.717) is 52.6 Å². The maximum absolute atomic E-state index is 9.48. The summed E-state index contributed by atoms with van der Waals surface area (Å²) in [6, 6.07) is 9.11. The van der Waals surface area contributed by atoms with E-state index in [-0.39, 0.29) is 19.8 Å². The van der Waals surface area contributed by atoms with Crippen molar-refractivity contribution in [2.75, 3.05) is 7.11 Å². The average molecular weight is 439 g/mol. The lowest BCUT2D eigenvalue weighted by atomic mass is 10.2. The van der Waals surface area contributed by atoms with Gasteiger partial charge in [0.2, 0.25) is 5.88 Å². The van der Waals surface area contributed by atoms with Gasteiger partial charge in [0.15, 0.2) is 17.3 Å². The van der Waals surface area contributed by atoms with E-state index in [9.17, 15) is 5.11 Å². The highest BCUT2D eigenvalue weighted by Gasteiger charge is 2.15. The first-order chi connectivity index (χ1) is 15.6. The zero-order valence-electron chi connectivity index (χ0n) is 18.2. The summed E-state index contributed by atoms with van der Waals surface area (Å²) in [5, 5.41) is 13.8. The summed E-state index contributed by atoms with van der Waals surface area (Å²) >= 11 is 0. The Morgan fingerprint density at radius 2 is 2.00 bits per heavy atom. The van der Waals surface area contributed by atoms with Gasteiger partial charge in [-0.1, -0.05) is 6.07 Å². The third-order valence-corrected chi connectivity index (χ3v) is 4.89. The molecule has 3 heterocycles. The maximum Gasteiger partial charge on any atom is 0.263 e. The molecule has 0 amide bonds. The molecule has 4 aromatic rings. The van der Waals surface area contributed by atoms with Crippen LogP contribution < -0.4 is 14.2 Å². The molecule has 0 radical (unpaired) electrons. The van der Waals surface area contributed by atoms with Gasteiger partial charge in [-0.3, -0.25) is 4.68 Å². The first kappa shape index (κ1) is 21.5. The fraction of sp³-hybridized carbons (Fsp3) is 0.304. The molecule has 3 aromatic heterocycles. The van der Waals surface area contributed by atoms with Crippen LogP contribution >= 0.6 is 0 Å². The van der Waals surface area contributed by atoms with Crippen LogP contribution in [-0.4, -0.2) is 27.0 Å². The Morgan fingerprint density at radius 3 is 2.72 bits per heavy atom. The van der Waals surface area contributed by atoms with Gasteiger partial charge in [-0.2, -0.15) is 0 Å². The molecule has 9 heteroatoms. The minimum absolute atomic E-state index is 0.130. The number of hydrogen-bond donors (Lipinski definition) is 1. The number of nitrogens with zero attached hydrogens (tertiary/aromatic N) is 3. The monoisotopic (exact) mass is 439 g/mol. The summed E-state index contributed by atoms with van der Waals surface area (Å²) in [5.41, 5.74) is 2.20. The number of aliphatic hydroxyl groups is 1. The van der Waals surface area contributed by atoms with E-state index in [1.165, 1.54) is 0 Å². The lowest BCUT2D eigenvalue weighted by Gasteiger charge is -2.12. The molecule has 0 atom stereocenters. The third-order valence-electron chi connectivity index (χ3n) is 4.89. The van der Waals surface area contributed by atoms with Gasteiger partial charge >= 0.3 is 0 Å². The molecule has 0 saturated heterocycles. The largest absolute Gasteiger partial charge is 0.493 e. The quantitative estimate of drug-likeness (QED) is 0.393. The van der Waals surface area contributed by atoms with Gasteiger partial charge in [0.1, 0.15) is 24.7 Å². The van der Waals surface area contributed by atoms with Crippen LogP contribution in [0.1, 0.15) is 29.5 Å². The second kappa shape index (κ2) is 9.61. The Labute approximate surface area is 185 Å². The SMILES string of the molecule is CCn1cc(CO)c(OCc2ccc(OCc3nc(-c4ccco4)oc3C)c(OC)c2)n1. The van der Waals surface area contributed by atoms with E-state index in [2.05, 4.69) is 10.1 Å². The zero-order valence-corrected chi connectivity index (χ0v) is 18.2. The number of ether oxygens (including phenoxy) is 3. The Morgan fingerprint density at radius 1 is 1.12 bits per heavy atom. The van der Waals surface area contributed by atoms with Gasteiger partial charge < -0.3 is 28.2 Å². The minimum atomic E-state index is -0.130. The molecule has 0 spiro atoms. The number of hydrogen-bond acceptors (Lipinski definition) is 8. The molecule has 1 aromatic carbocycles. The normalized spacial score (nSPS) is 11.0. The number of aromatic nitrogens is 3. The highest BCUT2D eigenvalue weighted by molar-refractivity contribution is 5.45. The van der Waals surface area contributed by atoms with Gasteiger partial charge in [-0.15, -0.1) is 5.10 Å². The van der Waals surface area contributed by atoms with Gasteiger partial charge in [0.05, 0.1) is 25.5 Å². The molecular formula is C23H25N3O6. The molecule has 0 aliphatic heterocycles. The van der Waals surface area contributed by atoms with E-state index in [1.807, 2.05) is 32.0 Å². The Hall–Kier alpha value is -3.72. The summed E-state index contributed by atoms with van der Waals surface area (Å²) in [4.78, 5) is 4.45. The smallest absolute Gasteiger partial charge is 0.263 e. The van der Waals surface area contributed by atoms with Crippen molar-refractivity contribution in [3.05, 3.63) is 65.4 Å². The summed E-state index contributed by atoms with van der Waals surface area (Å²) in [6.45, 7) is 4.87. The van der Waals surface area contributed by atoms with Crippen LogP contribution in [0.25, 0.3) is 11.7 Å². The van der Waals surface area contributed by atoms with Crippen molar-refractivity contribution in [1.82, 2.24) is 14.8 Å². The van der Waals surface area contributed by atoms with E-state index >= 15 is 0 Å². The van der Waals surface area contributed by atoms with E-state index in [1.54, 1.807) is 36.4 Å². The molecule has 1 N–H and O–H groups in total. The molecule has 9 nitrogen and oxygen atoms in total. The summed E-state index contributed by atoms with van der Waals surface area (Å²) < 4.78 is 29.9. The average Bonchev–Trinajstić information content (AvgIpc) is 3.56. The molecule has 32 heavy (non-hydrogen) atoms. The van der Waals surface area contributed by atoms with Crippen LogP contribution in [0, 0.1) is 6.92 Å². The highest BCUT2D eigenvalue weighted by Crippen LogP contribution is 2.30. The van der Waals surface area contributed by atoms with Crippen molar-refractivity contribution in [2.24, 2.45) is 0 Å². The van der Waals surface area contributed by atoms with Gasteiger partial charge in [-0.05, 0) is 43.7 Å². The molecule has 168 valence electrons. The van der Waals surface area contributed by atoms with Crippen LogP contribution in [-0.2, 0) is 26.4 Å². The van der Waals surface area contributed by atoms with E-state index < -0.39 is 0 Å². The van der Waals surface area contributed by atoms with Gasteiger partial charge in [-0.25, -0.2) is 4.98 Å². The second-order valence-electron chi connectivity index (χ2n) is 7.04. The topological polar surface area (TPSA) is 105 Å². The predicted molar refractivity (Wildman–Crippen MR) is 114 cm³/mol. The van der Waals surface area contributed by atoms with Crippen molar-refractivity contribution in [1.29, 1.82) is 0 Å². The molecule has 0 bridgehead atoms. The van der Waals surface area contributed by atoms with Crippen LogP contribution in [0.2, 0.25) is 0 Å².